The van der Waals surface area contributed by atoms with Crippen LogP contribution in [0, 0.1) is 0 Å². The Hall–Kier alpha value is -2.12. The van der Waals surface area contributed by atoms with Crippen LogP contribution in [0.1, 0.15) is 284 Å². The van der Waals surface area contributed by atoms with Gasteiger partial charge in [0.15, 0.2) is 12.4 Å². The molecule has 1 heterocycles. The van der Waals surface area contributed by atoms with E-state index >= 15 is 0 Å². The summed E-state index contributed by atoms with van der Waals surface area (Å²) in [5, 5.41) is 56.7. The molecule has 1 fully saturated rings. The molecule has 0 saturated carbocycles. The summed E-state index contributed by atoms with van der Waals surface area (Å²) in [4.78, 5) is 26.4. The normalized spacial score (nSPS) is 19.6. The van der Waals surface area contributed by atoms with E-state index in [1.807, 2.05) is 12.2 Å². The number of rotatable bonds is 52. The molecule has 0 aromatic heterocycles. The lowest BCUT2D eigenvalue weighted by Crippen LogP contribution is -2.61. The van der Waals surface area contributed by atoms with Crippen LogP contribution in [0.3, 0.4) is 0 Å². The average molecular weight is 1030 g/mol. The molecule has 11 heteroatoms. The lowest BCUT2D eigenvalue weighted by Gasteiger charge is -2.41. The molecule has 11 nitrogen and oxygen atoms in total. The van der Waals surface area contributed by atoms with Crippen molar-refractivity contribution in [1.82, 2.24) is 5.32 Å². The number of aliphatic hydroxyl groups is 5. The predicted octanol–water partition coefficient (Wildman–Crippen LogP) is 14.3. The monoisotopic (exact) mass is 1030 g/mol. The van der Waals surface area contributed by atoms with E-state index in [4.69, 9.17) is 14.2 Å². The molecule has 0 bridgehead atoms. The summed E-state index contributed by atoms with van der Waals surface area (Å²) in [7, 11) is 0. The number of ether oxygens (including phenoxy) is 3. The highest BCUT2D eigenvalue weighted by Crippen LogP contribution is 2.26. The number of hydrogen-bond acceptors (Lipinski definition) is 10. The molecule has 0 spiro atoms. The zero-order chi connectivity index (χ0) is 53.3. The van der Waals surface area contributed by atoms with Crippen molar-refractivity contribution >= 4 is 11.9 Å². The van der Waals surface area contributed by atoms with Gasteiger partial charge in [0.2, 0.25) is 5.91 Å². The standard InChI is InChI=1S/C62H115NO10/c1-4-7-10-13-16-19-22-24-25-26-27-28-29-30-31-32-35-38-41-44-47-50-57(67)73-60-59(69)58(68)56(51-64)72-62(60)71-52-53(54(65)48-45-42-39-36-33-21-18-15-12-9-6-3)63-61(70)55(66)49-46-43-40-37-34-23-20-17-14-11-8-5-2/h34,37,43,45-46,48,53-56,58-60,62,64-66,68-69H,4-33,35-36,38-42,44,47,49-52H2,1-3H3,(H,63,70)/b37-34-,46-43+,48-45+. The quantitative estimate of drug-likeness (QED) is 0.0195. The fourth-order valence-corrected chi connectivity index (χ4v) is 9.64. The molecule has 0 aliphatic carbocycles. The minimum atomic E-state index is -1.62. The number of nitrogens with one attached hydrogen (secondary N) is 1. The van der Waals surface area contributed by atoms with Crippen molar-refractivity contribution in [1.29, 1.82) is 0 Å². The van der Waals surface area contributed by atoms with E-state index in [9.17, 15) is 35.1 Å². The van der Waals surface area contributed by atoms with Gasteiger partial charge >= 0.3 is 5.97 Å². The minimum absolute atomic E-state index is 0.0841. The molecular weight excluding hydrogens is 919 g/mol. The number of hydrogen-bond donors (Lipinski definition) is 6. The summed E-state index contributed by atoms with van der Waals surface area (Å²) in [6.45, 7) is 5.75. The van der Waals surface area contributed by atoms with E-state index in [1.165, 1.54) is 193 Å². The number of carbonyl (C=O) groups excluding carboxylic acids is 2. The predicted molar refractivity (Wildman–Crippen MR) is 301 cm³/mol. The van der Waals surface area contributed by atoms with Gasteiger partial charge in [-0.2, -0.15) is 0 Å². The Bertz CT molecular complexity index is 1330. The maximum atomic E-state index is 13.3. The maximum Gasteiger partial charge on any atom is 0.306 e. The van der Waals surface area contributed by atoms with E-state index in [-0.39, 0.29) is 19.4 Å². The lowest BCUT2D eigenvalue weighted by molar-refractivity contribution is -0.305. The minimum Gasteiger partial charge on any atom is -0.454 e. The molecular formula is C62H115NO10. The third kappa shape index (κ3) is 39.0. The van der Waals surface area contributed by atoms with Gasteiger partial charge in [-0.15, -0.1) is 0 Å². The first-order chi connectivity index (χ1) is 35.7. The summed E-state index contributed by atoms with van der Waals surface area (Å²) in [5.41, 5.74) is 0. The van der Waals surface area contributed by atoms with Crippen LogP contribution in [0.2, 0.25) is 0 Å². The van der Waals surface area contributed by atoms with Crippen LogP contribution in [0.4, 0.5) is 0 Å². The molecule has 1 aliphatic heterocycles. The van der Waals surface area contributed by atoms with E-state index in [0.29, 0.717) is 12.8 Å². The summed E-state index contributed by atoms with van der Waals surface area (Å²) >= 11 is 0. The summed E-state index contributed by atoms with van der Waals surface area (Å²) in [6, 6.07) is -1.05. The van der Waals surface area contributed by atoms with E-state index in [0.717, 1.165) is 44.9 Å². The first-order valence-corrected chi connectivity index (χ1v) is 30.8. The third-order valence-electron chi connectivity index (χ3n) is 14.6. The van der Waals surface area contributed by atoms with Crippen LogP contribution in [-0.4, -0.2) is 99.6 Å². The Morgan fingerprint density at radius 1 is 0.534 bits per heavy atom. The molecule has 0 aromatic carbocycles. The molecule has 73 heavy (non-hydrogen) atoms. The van der Waals surface area contributed by atoms with Gasteiger partial charge in [0.25, 0.3) is 0 Å². The molecule has 6 N–H and O–H groups in total. The van der Waals surface area contributed by atoms with Crippen LogP contribution in [-0.2, 0) is 23.8 Å². The van der Waals surface area contributed by atoms with E-state index in [2.05, 4.69) is 38.2 Å². The second kappa shape index (κ2) is 50.7. The van der Waals surface area contributed by atoms with Crippen molar-refractivity contribution in [3.05, 3.63) is 36.5 Å². The zero-order valence-electron chi connectivity index (χ0n) is 47.3. The molecule has 1 amide bonds. The summed E-state index contributed by atoms with van der Waals surface area (Å²) in [5.74, 6) is -1.26. The zero-order valence-corrected chi connectivity index (χ0v) is 47.3. The van der Waals surface area contributed by atoms with E-state index in [1.54, 1.807) is 12.2 Å². The van der Waals surface area contributed by atoms with Crippen molar-refractivity contribution in [3.8, 4) is 0 Å². The van der Waals surface area contributed by atoms with Crippen molar-refractivity contribution in [2.45, 2.75) is 333 Å². The van der Waals surface area contributed by atoms with Gasteiger partial charge in [-0.3, -0.25) is 9.59 Å². The smallest absolute Gasteiger partial charge is 0.306 e. The number of unbranched alkanes of at least 4 members (excludes halogenated alkanes) is 35. The number of amides is 1. The molecule has 8 atom stereocenters. The first kappa shape index (κ1) is 68.9. The highest BCUT2D eigenvalue weighted by molar-refractivity contribution is 5.81. The van der Waals surface area contributed by atoms with Crippen LogP contribution in [0.15, 0.2) is 36.5 Å². The Labute approximate surface area is 447 Å². The van der Waals surface area contributed by atoms with Gasteiger partial charge in [-0.1, -0.05) is 269 Å². The van der Waals surface area contributed by atoms with Gasteiger partial charge in [0.1, 0.15) is 24.4 Å². The molecule has 1 saturated heterocycles. The fraction of sp³-hybridized carbons (Fsp3) is 0.871. The number of allylic oxidation sites excluding steroid dienone is 4. The highest BCUT2D eigenvalue weighted by Gasteiger charge is 2.47. The molecule has 1 aliphatic rings. The average Bonchev–Trinajstić information content (AvgIpc) is 3.39. The molecule has 0 aromatic rings. The van der Waals surface area contributed by atoms with Gasteiger partial charge in [-0.05, 0) is 38.5 Å². The Morgan fingerprint density at radius 2 is 0.945 bits per heavy atom. The SMILES string of the molecule is CCCCCCCC/C=C\C/C=C/CC(O)C(=O)NC(COC1OC(CO)C(O)C(O)C1OC(=O)CCCCCCCCCCCCCCCCCCCCCCC)C(O)/C=C/CCCCCCCCCCC. The number of aliphatic hydroxyl groups excluding tert-OH is 5. The third-order valence-corrected chi connectivity index (χ3v) is 14.6. The number of esters is 1. The fourth-order valence-electron chi connectivity index (χ4n) is 9.64. The largest absolute Gasteiger partial charge is 0.454 e. The van der Waals surface area contributed by atoms with Gasteiger partial charge in [-0.25, -0.2) is 0 Å². The Morgan fingerprint density at radius 3 is 1.40 bits per heavy atom. The molecule has 428 valence electrons. The second-order valence-corrected chi connectivity index (χ2v) is 21.5. The Balaban J connectivity index is 2.64. The van der Waals surface area contributed by atoms with Crippen LogP contribution in [0.25, 0.3) is 0 Å². The summed E-state index contributed by atoms with van der Waals surface area (Å²) < 4.78 is 17.6. The highest BCUT2D eigenvalue weighted by atomic mass is 16.7. The molecule has 1 rings (SSSR count). The van der Waals surface area contributed by atoms with E-state index < -0.39 is 67.4 Å². The lowest BCUT2D eigenvalue weighted by atomic mass is 9.99. The van der Waals surface area contributed by atoms with Gasteiger partial charge in [0, 0.05) is 12.8 Å². The first-order valence-electron chi connectivity index (χ1n) is 30.8. The maximum absolute atomic E-state index is 13.3. The molecule has 0 radical (unpaired) electrons. The van der Waals surface area contributed by atoms with Crippen molar-refractivity contribution in [2.75, 3.05) is 13.2 Å². The van der Waals surface area contributed by atoms with Crippen molar-refractivity contribution < 1.29 is 49.3 Å². The number of carbonyl (C=O) groups is 2. The van der Waals surface area contributed by atoms with Crippen LogP contribution in [0.5, 0.6) is 0 Å². The topological polar surface area (TPSA) is 175 Å². The van der Waals surface area contributed by atoms with Crippen molar-refractivity contribution in [2.24, 2.45) is 0 Å². The molecule has 8 unspecified atom stereocenters. The second-order valence-electron chi connectivity index (χ2n) is 21.5. The van der Waals surface area contributed by atoms with Gasteiger partial charge < -0.3 is 45.1 Å². The van der Waals surface area contributed by atoms with Crippen LogP contribution < -0.4 is 5.32 Å². The van der Waals surface area contributed by atoms with Gasteiger partial charge in [0.05, 0.1) is 25.4 Å². The summed E-state index contributed by atoms with van der Waals surface area (Å²) in [6.07, 6.45) is 49.3. The Kier molecular flexibility index (Phi) is 47.8. The van der Waals surface area contributed by atoms with Crippen LogP contribution >= 0.6 is 0 Å². The van der Waals surface area contributed by atoms with Crippen molar-refractivity contribution in [3.63, 3.8) is 0 Å².